The molecule has 340 valence electrons. The number of furan rings is 2. The number of rotatable bonds is 37. The van der Waals surface area contributed by atoms with Crippen molar-refractivity contribution in [3.05, 3.63) is 45.3 Å². The number of unbranched alkanes of at least 4 members (excludes halogenated alkanes) is 16. The van der Waals surface area contributed by atoms with Gasteiger partial charge in [0, 0.05) is 45.1 Å². The lowest BCUT2D eigenvalue weighted by Crippen LogP contribution is -2.29. The van der Waals surface area contributed by atoms with Crippen LogP contribution in [0.2, 0.25) is 0 Å². The Labute approximate surface area is 357 Å². The Balaban J connectivity index is 1.57. The highest BCUT2D eigenvalue weighted by atomic mass is 31.2. The predicted molar refractivity (Wildman–Crippen MR) is 236 cm³/mol. The predicted octanol–water partition coefficient (Wildman–Crippen LogP) is 12.1. The minimum atomic E-state index is -4.40. The molecule has 11 nitrogen and oxygen atoms in total. The second-order valence-corrected chi connectivity index (χ2v) is 17.9. The number of carbonyl (C=O) groups is 2. The summed E-state index contributed by atoms with van der Waals surface area (Å²) in [6.07, 6.45) is 25.2. The molecule has 0 bridgehead atoms. The van der Waals surface area contributed by atoms with Gasteiger partial charge in [0.25, 0.3) is 0 Å². The second-order valence-electron chi connectivity index (χ2n) is 16.4. The SMILES string of the molecule is CCCCCc1oc(CCCCCCCCCCCCC(=O)OC[C@H](COP(=O)(O)OCCN)OC(=O)CCCCCCCCc2oc(CCC)c(C)c2C)c(C)c1C. The van der Waals surface area contributed by atoms with Gasteiger partial charge in [0.15, 0.2) is 6.10 Å². The van der Waals surface area contributed by atoms with Gasteiger partial charge in [-0.05, 0) is 88.5 Å². The molecule has 12 heteroatoms. The number of phosphoric ester groups is 1. The van der Waals surface area contributed by atoms with Gasteiger partial charge in [0.2, 0.25) is 0 Å². The third-order valence-corrected chi connectivity index (χ3v) is 12.4. The standard InChI is InChI=1S/C47H82NO10P/c1-7-9-22-28-43-39(5)40(6)45(58-43)30-23-18-14-12-10-11-13-15-20-25-31-46(49)53-35-41(36-55-59(51,52)54-34-33-48)56-47(50)32-26-21-17-16-19-24-29-44-38(4)37(3)42(57-44)27-8-2/h41H,7-36,48H2,1-6H3,(H,51,52)/t41-/m1/s1. The highest BCUT2D eigenvalue weighted by molar-refractivity contribution is 7.47. The van der Waals surface area contributed by atoms with Gasteiger partial charge in [-0.3, -0.25) is 18.6 Å². The third kappa shape index (κ3) is 22.8. The minimum Gasteiger partial charge on any atom is -0.466 e. The number of carbonyl (C=O) groups excluding carboxylic acids is 2. The van der Waals surface area contributed by atoms with Crippen LogP contribution < -0.4 is 5.73 Å². The van der Waals surface area contributed by atoms with Crippen LogP contribution in [0.1, 0.15) is 200 Å². The van der Waals surface area contributed by atoms with Crippen molar-refractivity contribution in [3.63, 3.8) is 0 Å². The first-order valence-electron chi connectivity index (χ1n) is 23.2. The van der Waals surface area contributed by atoms with E-state index in [-0.39, 0.29) is 32.6 Å². The lowest BCUT2D eigenvalue weighted by atomic mass is 10.0. The Kier molecular flexibility index (Phi) is 28.1. The lowest BCUT2D eigenvalue weighted by molar-refractivity contribution is -0.161. The number of phosphoric acid groups is 1. The van der Waals surface area contributed by atoms with Crippen molar-refractivity contribution in [1.29, 1.82) is 0 Å². The average Bonchev–Trinajstić information content (AvgIpc) is 3.64. The van der Waals surface area contributed by atoms with Crippen LogP contribution in [0.4, 0.5) is 0 Å². The molecule has 0 aromatic carbocycles. The summed E-state index contributed by atoms with van der Waals surface area (Å²) in [7, 11) is -4.40. The van der Waals surface area contributed by atoms with Gasteiger partial charge in [-0.1, -0.05) is 104 Å². The van der Waals surface area contributed by atoms with Gasteiger partial charge < -0.3 is 28.9 Å². The Morgan fingerprint density at radius 1 is 0.559 bits per heavy atom. The summed E-state index contributed by atoms with van der Waals surface area (Å²) in [6.45, 7) is 12.3. The van der Waals surface area contributed by atoms with E-state index in [0.29, 0.717) is 12.8 Å². The molecule has 2 heterocycles. The lowest BCUT2D eigenvalue weighted by Gasteiger charge is -2.19. The summed E-state index contributed by atoms with van der Waals surface area (Å²) in [4.78, 5) is 35.1. The Bertz CT molecular complexity index is 1480. The molecule has 0 saturated heterocycles. The zero-order chi connectivity index (χ0) is 43.3. The molecule has 2 atom stereocenters. The highest BCUT2D eigenvalue weighted by Gasteiger charge is 2.26. The van der Waals surface area contributed by atoms with Crippen LogP contribution in [-0.2, 0) is 58.4 Å². The fourth-order valence-corrected chi connectivity index (χ4v) is 8.15. The molecule has 2 aromatic rings. The first kappa shape index (κ1) is 52.7. The average molecular weight is 852 g/mol. The number of hydrogen-bond acceptors (Lipinski definition) is 10. The van der Waals surface area contributed by atoms with Crippen LogP contribution in [0.15, 0.2) is 8.83 Å². The van der Waals surface area contributed by atoms with E-state index in [9.17, 15) is 19.0 Å². The van der Waals surface area contributed by atoms with Crippen molar-refractivity contribution >= 4 is 19.8 Å². The normalized spacial score (nSPS) is 13.2. The molecule has 0 radical (unpaired) electrons. The summed E-state index contributed by atoms with van der Waals surface area (Å²) in [5.74, 6) is 3.73. The molecule has 0 spiro atoms. The monoisotopic (exact) mass is 852 g/mol. The highest BCUT2D eigenvalue weighted by Crippen LogP contribution is 2.43. The molecule has 0 aliphatic heterocycles. The Morgan fingerprint density at radius 2 is 0.966 bits per heavy atom. The second kappa shape index (κ2) is 31.4. The van der Waals surface area contributed by atoms with Crippen molar-refractivity contribution in [2.24, 2.45) is 5.73 Å². The number of hydrogen-bond donors (Lipinski definition) is 2. The zero-order valence-electron chi connectivity index (χ0n) is 37.9. The molecule has 0 fully saturated rings. The van der Waals surface area contributed by atoms with Crippen molar-refractivity contribution < 1.29 is 46.4 Å². The zero-order valence-corrected chi connectivity index (χ0v) is 38.8. The first-order chi connectivity index (χ1) is 28.4. The van der Waals surface area contributed by atoms with Crippen LogP contribution in [0, 0.1) is 27.7 Å². The molecule has 3 N–H and O–H groups in total. The fraction of sp³-hybridized carbons (Fsp3) is 0.787. The van der Waals surface area contributed by atoms with Gasteiger partial charge in [0.05, 0.1) is 13.2 Å². The van der Waals surface area contributed by atoms with Crippen LogP contribution in [-0.4, -0.2) is 49.3 Å². The molecule has 0 saturated carbocycles. The van der Waals surface area contributed by atoms with Gasteiger partial charge in [0.1, 0.15) is 29.6 Å². The van der Waals surface area contributed by atoms with E-state index < -0.39 is 32.5 Å². The summed E-state index contributed by atoms with van der Waals surface area (Å²) in [5, 5.41) is 0. The largest absolute Gasteiger partial charge is 0.472 e. The molecular formula is C47H82NO10P. The minimum absolute atomic E-state index is 0.0421. The van der Waals surface area contributed by atoms with Crippen molar-refractivity contribution in [1.82, 2.24) is 0 Å². The summed E-state index contributed by atoms with van der Waals surface area (Å²) in [6, 6.07) is 0. The maximum atomic E-state index is 12.7. The molecule has 59 heavy (non-hydrogen) atoms. The van der Waals surface area contributed by atoms with E-state index in [1.807, 2.05) is 0 Å². The maximum absolute atomic E-state index is 12.7. The van der Waals surface area contributed by atoms with Crippen molar-refractivity contribution in [2.75, 3.05) is 26.4 Å². The van der Waals surface area contributed by atoms with Crippen molar-refractivity contribution in [2.45, 2.75) is 215 Å². The topological polar surface area (TPSA) is 161 Å². The van der Waals surface area contributed by atoms with E-state index >= 15 is 0 Å². The number of ether oxygens (including phenoxy) is 2. The van der Waals surface area contributed by atoms with Crippen LogP contribution in [0.3, 0.4) is 0 Å². The fourth-order valence-electron chi connectivity index (χ4n) is 7.39. The summed E-state index contributed by atoms with van der Waals surface area (Å²) >= 11 is 0. The Morgan fingerprint density at radius 3 is 1.41 bits per heavy atom. The number of aryl methyl sites for hydroxylation is 4. The van der Waals surface area contributed by atoms with E-state index in [4.69, 9.17) is 33.1 Å². The quantitative estimate of drug-likeness (QED) is 0.0378. The van der Waals surface area contributed by atoms with Gasteiger partial charge in [-0.2, -0.15) is 0 Å². The smallest absolute Gasteiger partial charge is 0.466 e. The molecule has 1 unspecified atom stereocenters. The summed E-state index contributed by atoms with van der Waals surface area (Å²) < 4.78 is 45.3. The molecule has 0 aliphatic rings. The number of nitrogens with two attached hydrogens (primary N) is 1. The molecular weight excluding hydrogens is 769 g/mol. The number of esters is 2. The molecule has 2 rings (SSSR count). The van der Waals surface area contributed by atoms with Gasteiger partial charge >= 0.3 is 19.8 Å². The molecule has 2 aromatic heterocycles. The van der Waals surface area contributed by atoms with Gasteiger partial charge in [-0.25, -0.2) is 4.57 Å². The van der Waals surface area contributed by atoms with Crippen molar-refractivity contribution in [3.8, 4) is 0 Å². The van der Waals surface area contributed by atoms with E-state index in [1.165, 1.54) is 91.6 Å². The Hall–Kier alpha value is -2.43. The molecule has 0 amide bonds. The van der Waals surface area contributed by atoms with Gasteiger partial charge in [-0.15, -0.1) is 0 Å². The van der Waals surface area contributed by atoms with Crippen LogP contribution in [0.5, 0.6) is 0 Å². The maximum Gasteiger partial charge on any atom is 0.472 e. The van der Waals surface area contributed by atoms with E-state index in [0.717, 1.165) is 95.0 Å². The molecule has 0 aliphatic carbocycles. The third-order valence-electron chi connectivity index (χ3n) is 11.4. The first-order valence-corrected chi connectivity index (χ1v) is 24.7. The van der Waals surface area contributed by atoms with Crippen LogP contribution >= 0.6 is 7.82 Å². The van der Waals surface area contributed by atoms with E-state index in [2.05, 4.69) is 41.5 Å². The van der Waals surface area contributed by atoms with Crippen LogP contribution in [0.25, 0.3) is 0 Å². The summed E-state index contributed by atoms with van der Waals surface area (Å²) in [5.41, 5.74) is 10.6. The van der Waals surface area contributed by atoms with E-state index in [1.54, 1.807) is 0 Å².